The van der Waals surface area contributed by atoms with Gasteiger partial charge in [0.2, 0.25) is 5.91 Å². The van der Waals surface area contributed by atoms with Crippen LogP contribution in [0.25, 0.3) is 0 Å². The number of nitrogens with two attached hydrogens (primary N) is 1. The molecule has 7 heteroatoms. The molecule has 4 nitrogen and oxygen atoms in total. The standard InChI is InChI=1S/C14H18F2N2O2.ClH/c1-9(11-3-2-10(15)8-12(11)16)18-13(19)14(17)4-6-20-7-5-14;/h2-3,8-9H,4-7,17H2,1H3,(H,18,19);1H/t9-;/m1./s1. The Bertz CT molecular complexity index is 508. The molecular formula is C14H19ClF2N2O2. The van der Waals surface area contributed by atoms with Gasteiger partial charge < -0.3 is 15.8 Å². The van der Waals surface area contributed by atoms with Crippen molar-refractivity contribution in [2.45, 2.75) is 31.3 Å². The summed E-state index contributed by atoms with van der Waals surface area (Å²) in [4.78, 5) is 12.2. The van der Waals surface area contributed by atoms with Crippen LogP contribution in [0.5, 0.6) is 0 Å². The van der Waals surface area contributed by atoms with Gasteiger partial charge in [-0.15, -0.1) is 12.4 Å². The SMILES string of the molecule is C[C@@H](NC(=O)C1(N)CCOCC1)c1ccc(F)cc1F.Cl. The van der Waals surface area contributed by atoms with E-state index < -0.39 is 23.2 Å². The number of hydrogen-bond donors (Lipinski definition) is 2. The molecule has 1 heterocycles. The Hall–Kier alpha value is -1.24. The minimum Gasteiger partial charge on any atom is -0.381 e. The summed E-state index contributed by atoms with van der Waals surface area (Å²) in [6, 6.07) is 2.70. The van der Waals surface area contributed by atoms with E-state index in [-0.39, 0.29) is 23.9 Å². The number of amides is 1. The average Bonchev–Trinajstić information content (AvgIpc) is 2.39. The number of hydrogen-bond acceptors (Lipinski definition) is 3. The van der Waals surface area contributed by atoms with Crippen molar-refractivity contribution in [3.63, 3.8) is 0 Å². The summed E-state index contributed by atoms with van der Waals surface area (Å²) in [5.41, 5.74) is 5.29. The second-order valence-corrected chi connectivity index (χ2v) is 5.13. The van der Waals surface area contributed by atoms with Gasteiger partial charge in [0, 0.05) is 24.8 Å². The van der Waals surface area contributed by atoms with Crippen molar-refractivity contribution in [1.82, 2.24) is 5.32 Å². The quantitative estimate of drug-likeness (QED) is 0.896. The number of ether oxygens (including phenoxy) is 1. The topological polar surface area (TPSA) is 64.4 Å². The molecule has 0 radical (unpaired) electrons. The molecule has 1 aliphatic rings. The van der Waals surface area contributed by atoms with Crippen LogP contribution in [0.2, 0.25) is 0 Å². The first-order valence-electron chi connectivity index (χ1n) is 6.55. The van der Waals surface area contributed by atoms with E-state index in [1.807, 2.05) is 0 Å². The molecule has 1 fully saturated rings. The number of halogens is 3. The van der Waals surface area contributed by atoms with Gasteiger partial charge in [0.25, 0.3) is 0 Å². The first-order valence-corrected chi connectivity index (χ1v) is 6.55. The molecule has 21 heavy (non-hydrogen) atoms. The van der Waals surface area contributed by atoms with Gasteiger partial charge in [-0.2, -0.15) is 0 Å². The predicted molar refractivity (Wildman–Crippen MR) is 77.1 cm³/mol. The van der Waals surface area contributed by atoms with Gasteiger partial charge in [0.05, 0.1) is 11.6 Å². The fourth-order valence-corrected chi connectivity index (χ4v) is 2.23. The molecule has 1 atom stereocenters. The van der Waals surface area contributed by atoms with Crippen LogP contribution in [0.3, 0.4) is 0 Å². The summed E-state index contributed by atoms with van der Waals surface area (Å²) < 4.78 is 31.7. The van der Waals surface area contributed by atoms with Gasteiger partial charge in [0.15, 0.2) is 0 Å². The van der Waals surface area contributed by atoms with Crippen LogP contribution in [0, 0.1) is 11.6 Å². The molecule has 3 N–H and O–H groups in total. The second kappa shape index (κ2) is 7.15. The lowest BCUT2D eigenvalue weighted by Gasteiger charge is -2.33. The van der Waals surface area contributed by atoms with Crippen LogP contribution in [-0.2, 0) is 9.53 Å². The summed E-state index contributed by atoms with van der Waals surface area (Å²) in [7, 11) is 0. The normalized spacial score (nSPS) is 18.5. The van der Waals surface area contributed by atoms with Gasteiger partial charge in [-0.1, -0.05) is 6.07 Å². The Morgan fingerprint density at radius 3 is 2.57 bits per heavy atom. The third-order valence-electron chi connectivity index (χ3n) is 3.61. The maximum atomic E-state index is 13.6. The molecular weight excluding hydrogens is 302 g/mol. The molecule has 0 aliphatic carbocycles. The van der Waals surface area contributed by atoms with E-state index in [1.165, 1.54) is 6.07 Å². The highest BCUT2D eigenvalue weighted by atomic mass is 35.5. The van der Waals surface area contributed by atoms with Gasteiger partial charge in [-0.3, -0.25) is 4.79 Å². The highest BCUT2D eigenvalue weighted by Gasteiger charge is 2.36. The summed E-state index contributed by atoms with van der Waals surface area (Å²) in [6.07, 6.45) is 0.856. The van der Waals surface area contributed by atoms with E-state index in [4.69, 9.17) is 10.5 Å². The van der Waals surface area contributed by atoms with E-state index in [2.05, 4.69) is 5.32 Å². The van der Waals surface area contributed by atoms with Crippen molar-refractivity contribution < 1.29 is 18.3 Å². The van der Waals surface area contributed by atoms with Crippen molar-refractivity contribution in [2.24, 2.45) is 5.73 Å². The minimum atomic E-state index is -0.983. The Kier molecular flexibility index (Phi) is 6.07. The molecule has 1 aliphatic heterocycles. The summed E-state index contributed by atoms with van der Waals surface area (Å²) in [5, 5.41) is 2.68. The van der Waals surface area contributed by atoms with E-state index >= 15 is 0 Å². The van der Waals surface area contributed by atoms with Crippen molar-refractivity contribution >= 4 is 18.3 Å². The lowest BCUT2D eigenvalue weighted by Crippen LogP contribution is -2.57. The first-order chi connectivity index (χ1) is 9.42. The zero-order valence-electron chi connectivity index (χ0n) is 11.7. The monoisotopic (exact) mass is 320 g/mol. The summed E-state index contributed by atoms with van der Waals surface area (Å²) in [5.74, 6) is -1.67. The van der Waals surface area contributed by atoms with Gasteiger partial charge in [-0.05, 0) is 25.8 Å². The maximum absolute atomic E-state index is 13.6. The van der Waals surface area contributed by atoms with Crippen molar-refractivity contribution in [2.75, 3.05) is 13.2 Å². The van der Waals surface area contributed by atoms with Crippen LogP contribution in [0.4, 0.5) is 8.78 Å². The van der Waals surface area contributed by atoms with Crippen molar-refractivity contribution in [3.8, 4) is 0 Å². The van der Waals surface area contributed by atoms with E-state index in [0.717, 1.165) is 12.1 Å². The fourth-order valence-electron chi connectivity index (χ4n) is 2.23. The highest BCUT2D eigenvalue weighted by molar-refractivity contribution is 5.86. The van der Waals surface area contributed by atoms with Crippen LogP contribution in [0.15, 0.2) is 18.2 Å². The molecule has 0 saturated carbocycles. The number of carbonyl (C=O) groups is 1. The molecule has 1 aromatic carbocycles. The Balaban J connectivity index is 0.00000220. The zero-order chi connectivity index (χ0) is 14.8. The van der Waals surface area contributed by atoms with Gasteiger partial charge in [0.1, 0.15) is 11.6 Å². The molecule has 2 rings (SSSR count). The molecule has 0 spiro atoms. The van der Waals surface area contributed by atoms with Gasteiger partial charge in [-0.25, -0.2) is 8.78 Å². The average molecular weight is 321 g/mol. The largest absolute Gasteiger partial charge is 0.381 e. The van der Waals surface area contributed by atoms with Crippen LogP contribution in [-0.4, -0.2) is 24.7 Å². The zero-order valence-corrected chi connectivity index (χ0v) is 12.5. The van der Waals surface area contributed by atoms with Crippen molar-refractivity contribution in [3.05, 3.63) is 35.4 Å². The van der Waals surface area contributed by atoms with E-state index in [0.29, 0.717) is 26.1 Å². The maximum Gasteiger partial charge on any atom is 0.240 e. The number of rotatable bonds is 3. The molecule has 1 saturated heterocycles. The van der Waals surface area contributed by atoms with Crippen LogP contribution < -0.4 is 11.1 Å². The first kappa shape index (κ1) is 17.8. The number of nitrogens with one attached hydrogen (secondary N) is 1. The van der Waals surface area contributed by atoms with E-state index in [1.54, 1.807) is 6.92 Å². The molecule has 118 valence electrons. The third kappa shape index (κ3) is 4.12. The van der Waals surface area contributed by atoms with Gasteiger partial charge >= 0.3 is 0 Å². The Morgan fingerprint density at radius 1 is 1.38 bits per heavy atom. The Morgan fingerprint density at radius 2 is 2.00 bits per heavy atom. The summed E-state index contributed by atoms with van der Waals surface area (Å²) in [6.45, 7) is 2.50. The third-order valence-corrected chi connectivity index (χ3v) is 3.61. The van der Waals surface area contributed by atoms with E-state index in [9.17, 15) is 13.6 Å². The lowest BCUT2D eigenvalue weighted by atomic mass is 9.90. The molecule has 1 amide bonds. The smallest absolute Gasteiger partial charge is 0.240 e. The van der Waals surface area contributed by atoms with Crippen LogP contribution in [0.1, 0.15) is 31.4 Å². The number of carbonyl (C=O) groups excluding carboxylic acids is 1. The summed E-state index contributed by atoms with van der Waals surface area (Å²) >= 11 is 0. The molecule has 1 aromatic rings. The lowest BCUT2D eigenvalue weighted by molar-refractivity contribution is -0.130. The van der Waals surface area contributed by atoms with Crippen LogP contribution >= 0.6 is 12.4 Å². The minimum absolute atomic E-state index is 0. The second-order valence-electron chi connectivity index (χ2n) is 5.13. The molecule has 0 aromatic heterocycles. The molecule has 0 bridgehead atoms. The number of benzene rings is 1. The Labute approximate surface area is 128 Å². The molecule has 0 unspecified atom stereocenters. The van der Waals surface area contributed by atoms with Crippen molar-refractivity contribution in [1.29, 1.82) is 0 Å². The predicted octanol–water partition coefficient (Wildman–Crippen LogP) is 2.07. The fraction of sp³-hybridized carbons (Fsp3) is 0.500. The highest BCUT2D eigenvalue weighted by Crippen LogP contribution is 2.22.